The lowest BCUT2D eigenvalue weighted by atomic mass is 10.3. The maximum Gasteiger partial charge on any atom is 0.312 e. The maximum atomic E-state index is 11.0. The molecule has 1 saturated heterocycles. The Labute approximate surface area is 112 Å². The molecule has 5 nitrogen and oxygen atoms in total. The van der Waals surface area contributed by atoms with Gasteiger partial charge in [-0.1, -0.05) is 6.92 Å². The van der Waals surface area contributed by atoms with E-state index in [1.165, 1.54) is 6.07 Å². The fraction of sp³-hybridized carbons (Fsp3) is 0.500. The van der Waals surface area contributed by atoms with Crippen LogP contribution >= 0.6 is 27.7 Å². The molecule has 0 aliphatic carbocycles. The molecular formula is C10H12BrN3O2S. The summed E-state index contributed by atoms with van der Waals surface area (Å²) in [5, 5.41) is 11.5. The number of thioether (sulfide) groups is 1. The highest BCUT2D eigenvalue weighted by Crippen LogP contribution is 2.31. The van der Waals surface area contributed by atoms with E-state index < -0.39 is 0 Å². The van der Waals surface area contributed by atoms with Crippen molar-refractivity contribution in [2.45, 2.75) is 12.2 Å². The number of hydrogen-bond donors (Lipinski definition) is 0. The number of pyridine rings is 1. The minimum absolute atomic E-state index is 0.0680. The number of aromatic nitrogens is 1. The second kappa shape index (κ2) is 5.22. The molecule has 1 aromatic rings. The van der Waals surface area contributed by atoms with Crippen LogP contribution in [0, 0.1) is 10.1 Å². The number of rotatable bonds is 2. The smallest absolute Gasteiger partial charge is 0.312 e. The third kappa shape index (κ3) is 2.90. The van der Waals surface area contributed by atoms with Gasteiger partial charge in [-0.3, -0.25) is 10.1 Å². The molecule has 0 saturated carbocycles. The second-order valence-electron chi connectivity index (χ2n) is 3.88. The molecule has 0 unspecified atom stereocenters. The predicted molar refractivity (Wildman–Crippen MR) is 72.7 cm³/mol. The summed E-state index contributed by atoms with van der Waals surface area (Å²) in [7, 11) is 0. The van der Waals surface area contributed by atoms with Crippen LogP contribution < -0.4 is 4.90 Å². The zero-order valence-corrected chi connectivity index (χ0v) is 11.7. The van der Waals surface area contributed by atoms with Crippen LogP contribution in [0.15, 0.2) is 16.7 Å². The summed E-state index contributed by atoms with van der Waals surface area (Å²) in [5.41, 5.74) is 0.0680. The third-order valence-corrected chi connectivity index (χ3v) is 4.12. The zero-order valence-electron chi connectivity index (χ0n) is 9.30. The van der Waals surface area contributed by atoms with Crippen LogP contribution in [0.3, 0.4) is 0 Å². The number of hydrogen-bond acceptors (Lipinski definition) is 5. The van der Waals surface area contributed by atoms with Crippen molar-refractivity contribution in [2.24, 2.45) is 0 Å². The summed E-state index contributed by atoms with van der Waals surface area (Å²) >= 11 is 5.10. The Morgan fingerprint density at radius 3 is 3.12 bits per heavy atom. The molecule has 0 aromatic carbocycles. The minimum Gasteiger partial charge on any atom is -0.349 e. The molecule has 7 heteroatoms. The van der Waals surface area contributed by atoms with Gasteiger partial charge in [0.1, 0.15) is 0 Å². The molecule has 17 heavy (non-hydrogen) atoms. The van der Waals surface area contributed by atoms with Gasteiger partial charge in [0.05, 0.1) is 4.92 Å². The highest BCUT2D eigenvalue weighted by atomic mass is 79.9. The Morgan fingerprint density at radius 2 is 2.47 bits per heavy atom. The molecule has 1 aliphatic heterocycles. The molecule has 0 amide bonds. The first kappa shape index (κ1) is 12.6. The average Bonchev–Trinajstić information content (AvgIpc) is 2.28. The first-order chi connectivity index (χ1) is 8.08. The fourth-order valence-corrected chi connectivity index (χ4v) is 3.14. The summed E-state index contributed by atoms with van der Waals surface area (Å²) in [5.74, 6) is 1.46. The maximum absolute atomic E-state index is 11.0. The molecule has 0 radical (unpaired) electrons. The Hall–Kier alpha value is -0.820. The summed E-state index contributed by atoms with van der Waals surface area (Å²) in [4.78, 5) is 16.8. The summed E-state index contributed by atoms with van der Waals surface area (Å²) in [6.45, 7) is 3.74. The summed E-state index contributed by atoms with van der Waals surface area (Å²) in [6.07, 6.45) is 1.61. The van der Waals surface area contributed by atoms with E-state index in [1.807, 2.05) is 16.7 Å². The molecule has 1 aliphatic rings. The normalized spacial score (nSPS) is 20.4. The van der Waals surface area contributed by atoms with Crippen LogP contribution in [0.5, 0.6) is 0 Å². The van der Waals surface area contributed by atoms with E-state index in [1.54, 1.807) is 6.20 Å². The van der Waals surface area contributed by atoms with Crippen LogP contribution in [-0.2, 0) is 0 Å². The first-order valence-corrected chi connectivity index (χ1v) is 7.08. The van der Waals surface area contributed by atoms with Gasteiger partial charge in [-0.15, -0.1) is 0 Å². The van der Waals surface area contributed by atoms with E-state index in [-0.39, 0.29) is 10.6 Å². The lowest BCUT2D eigenvalue weighted by molar-refractivity contribution is -0.384. The quantitative estimate of drug-likeness (QED) is 0.620. The highest BCUT2D eigenvalue weighted by Gasteiger charge is 2.25. The van der Waals surface area contributed by atoms with Crippen molar-refractivity contribution in [3.63, 3.8) is 0 Å². The number of nitro groups is 1. The molecule has 0 bridgehead atoms. The topological polar surface area (TPSA) is 59.3 Å². The molecule has 1 aromatic heterocycles. The van der Waals surface area contributed by atoms with Gasteiger partial charge < -0.3 is 4.90 Å². The molecule has 1 atom stereocenters. The first-order valence-electron chi connectivity index (χ1n) is 5.24. The fourth-order valence-electron chi connectivity index (χ4n) is 1.81. The van der Waals surface area contributed by atoms with Crippen LogP contribution in [0.1, 0.15) is 6.92 Å². The van der Waals surface area contributed by atoms with E-state index in [0.29, 0.717) is 15.5 Å². The third-order valence-electron chi connectivity index (χ3n) is 2.55. The van der Waals surface area contributed by atoms with Gasteiger partial charge in [-0.2, -0.15) is 11.8 Å². The van der Waals surface area contributed by atoms with Crippen molar-refractivity contribution in [1.29, 1.82) is 0 Å². The van der Waals surface area contributed by atoms with Crippen LogP contribution in [0.4, 0.5) is 11.5 Å². The van der Waals surface area contributed by atoms with Crippen molar-refractivity contribution in [3.05, 3.63) is 26.9 Å². The minimum atomic E-state index is -0.375. The van der Waals surface area contributed by atoms with Gasteiger partial charge in [-0.25, -0.2) is 4.98 Å². The van der Waals surface area contributed by atoms with Crippen LogP contribution in [-0.4, -0.2) is 34.0 Å². The highest BCUT2D eigenvalue weighted by molar-refractivity contribution is 9.10. The number of halogens is 1. The van der Waals surface area contributed by atoms with Crippen molar-refractivity contribution >= 4 is 39.2 Å². The molecule has 0 spiro atoms. The average molecular weight is 318 g/mol. The number of nitrogens with zero attached hydrogens (tertiary/aromatic N) is 3. The Morgan fingerprint density at radius 1 is 1.71 bits per heavy atom. The molecular weight excluding hydrogens is 306 g/mol. The van der Waals surface area contributed by atoms with E-state index in [9.17, 15) is 10.1 Å². The number of anilines is 1. The van der Waals surface area contributed by atoms with Crippen molar-refractivity contribution in [2.75, 3.05) is 23.7 Å². The van der Waals surface area contributed by atoms with Crippen LogP contribution in [0.2, 0.25) is 0 Å². The lowest BCUT2D eigenvalue weighted by Crippen LogP contribution is -2.37. The van der Waals surface area contributed by atoms with E-state index in [4.69, 9.17) is 0 Å². The predicted octanol–water partition coefficient (Wildman–Crippen LogP) is 2.69. The van der Waals surface area contributed by atoms with Crippen molar-refractivity contribution < 1.29 is 4.92 Å². The van der Waals surface area contributed by atoms with E-state index in [0.717, 1.165) is 18.8 Å². The second-order valence-corrected chi connectivity index (χ2v) is 6.34. The molecule has 2 heterocycles. The molecule has 0 N–H and O–H groups in total. The van der Waals surface area contributed by atoms with Gasteiger partial charge in [0.25, 0.3) is 0 Å². The molecule has 1 fully saturated rings. The van der Waals surface area contributed by atoms with E-state index in [2.05, 4.69) is 27.8 Å². The standard InChI is InChI=1S/C10H12BrN3O2S/c1-7-6-13(2-3-17-7)10-9(14(15)16)4-8(11)5-12-10/h4-5,7H,2-3,6H2,1H3/t7-/m1/s1. The Kier molecular flexibility index (Phi) is 3.88. The van der Waals surface area contributed by atoms with Gasteiger partial charge in [0.15, 0.2) is 0 Å². The van der Waals surface area contributed by atoms with Gasteiger partial charge in [-0.05, 0) is 15.9 Å². The molecule has 92 valence electrons. The van der Waals surface area contributed by atoms with Crippen molar-refractivity contribution in [3.8, 4) is 0 Å². The largest absolute Gasteiger partial charge is 0.349 e. The summed E-state index contributed by atoms with van der Waals surface area (Å²) < 4.78 is 0.632. The monoisotopic (exact) mass is 317 g/mol. The lowest BCUT2D eigenvalue weighted by Gasteiger charge is -2.31. The summed E-state index contributed by atoms with van der Waals surface area (Å²) in [6, 6.07) is 1.51. The molecule has 2 rings (SSSR count). The SMILES string of the molecule is C[C@@H]1CN(c2ncc(Br)cc2[N+](=O)[O-])CCS1. The Balaban J connectivity index is 2.33. The van der Waals surface area contributed by atoms with Gasteiger partial charge in [0, 0.05) is 40.8 Å². The van der Waals surface area contributed by atoms with Crippen molar-refractivity contribution in [1.82, 2.24) is 4.98 Å². The zero-order chi connectivity index (χ0) is 12.4. The van der Waals surface area contributed by atoms with Crippen LogP contribution in [0.25, 0.3) is 0 Å². The Bertz CT molecular complexity index is 444. The van der Waals surface area contributed by atoms with Gasteiger partial charge in [0.2, 0.25) is 5.82 Å². The van der Waals surface area contributed by atoms with E-state index >= 15 is 0 Å². The van der Waals surface area contributed by atoms with Gasteiger partial charge >= 0.3 is 5.69 Å².